The molecule has 0 radical (unpaired) electrons. The monoisotopic (exact) mass is 237 g/mol. The molecular weight excluding hydrogens is 226 g/mol. The molecule has 0 aromatic heterocycles. The molecule has 2 N–H and O–H groups in total. The van der Waals surface area contributed by atoms with Crippen molar-refractivity contribution in [3.8, 4) is 5.75 Å². The smallest absolute Gasteiger partial charge is 0.296 e. The number of fused-ring (bicyclic) bond motifs is 1. The summed E-state index contributed by atoms with van der Waals surface area (Å²) in [7, 11) is 0. The Hall–Kier alpha value is -2.31. The molecular formula is C10H11N3O4. The SMILES string of the molecule is CCNc1cc2c(cc1[N+](=O)[O-])OCC(=O)N2. The van der Waals surface area contributed by atoms with E-state index in [1.807, 2.05) is 6.92 Å². The molecule has 1 amide bonds. The van der Waals surface area contributed by atoms with Gasteiger partial charge in [0.1, 0.15) is 5.69 Å². The van der Waals surface area contributed by atoms with Gasteiger partial charge in [-0.1, -0.05) is 0 Å². The van der Waals surface area contributed by atoms with Crippen molar-refractivity contribution < 1.29 is 14.5 Å². The molecule has 0 fully saturated rings. The van der Waals surface area contributed by atoms with Crippen molar-refractivity contribution in [3.05, 3.63) is 22.2 Å². The number of carbonyl (C=O) groups is 1. The highest BCUT2D eigenvalue weighted by Crippen LogP contribution is 2.37. The third kappa shape index (κ3) is 2.12. The average Bonchev–Trinajstić information content (AvgIpc) is 2.28. The summed E-state index contributed by atoms with van der Waals surface area (Å²) in [6.45, 7) is 2.26. The summed E-state index contributed by atoms with van der Waals surface area (Å²) >= 11 is 0. The standard InChI is InChI=1S/C10H11N3O4/c1-2-11-6-3-7-9(4-8(6)13(15)16)17-5-10(14)12-7/h3-4,11H,2,5H2,1H3,(H,12,14). The van der Waals surface area contributed by atoms with Crippen LogP contribution in [-0.2, 0) is 4.79 Å². The van der Waals surface area contributed by atoms with Crippen LogP contribution in [0.4, 0.5) is 17.1 Å². The zero-order valence-corrected chi connectivity index (χ0v) is 9.15. The summed E-state index contributed by atoms with van der Waals surface area (Å²) in [4.78, 5) is 21.5. The van der Waals surface area contributed by atoms with Gasteiger partial charge in [-0.05, 0) is 13.0 Å². The first-order chi connectivity index (χ1) is 8.11. The number of ether oxygens (including phenoxy) is 1. The van der Waals surface area contributed by atoms with Crippen molar-refractivity contribution in [1.82, 2.24) is 0 Å². The van der Waals surface area contributed by atoms with E-state index >= 15 is 0 Å². The molecule has 0 unspecified atom stereocenters. The number of rotatable bonds is 3. The van der Waals surface area contributed by atoms with E-state index < -0.39 is 4.92 Å². The van der Waals surface area contributed by atoms with E-state index in [0.717, 1.165) is 0 Å². The Kier molecular flexibility index (Phi) is 2.82. The first-order valence-corrected chi connectivity index (χ1v) is 5.10. The van der Waals surface area contributed by atoms with Crippen molar-refractivity contribution in [2.75, 3.05) is 23.8 Å². The zero-order chi connectivity index (χ0) is 12.4. The van der Waals surface area contributed by atoms with Crippen molar-refractivity contribution in [2.24, 2.45) is 0 Å². The van der Waals surface area contributed by atoms with Crippen LogP contribution in [0.5, 0.6) is 5.75 Å². The Bertz CT molecular complexity index is 487. The largest absolute Gasteiger partial charge is 0.481 e. The molecule has 7 heteroatoms. The van der Waals surface area contributed by atoms with Crippen LogP contribution in [0.1, 0.15) is 6.92 Å². The van der Waals surface area contributed by atoms with Crippen LogP contribution in [0.15, 0.2) is 12.1 Å². The minimum atomic E-state index is -0.488. The van der Waals surface area contributed by atoms with E-state index in [2.05, 4.69) is 10.6 Å². The number of hydrogen-bond acceptors (Lipinski definition) is 5. The minimum absolute atomic E-state index is 0.0678. The van der Waals surface area contributed by atoms with Crippen LogP contribution in [0.2, 0.25) is 0 Å². The summed E-state index contributed by atoms with van der Waals surface area (Å²) in [5.74, 6) is 0.0479. The van der Waals surface area contributed by atoms with E-state index in [0.29, 0.717) is 23.7 Å². The normalized spacial score (nSPS) is 13.4. The average molecular weight is 237 g/mol. The van der Waals surface area contributed by atoms with Crippen LogP contribution in [-0.4, -0.2) is 24.0 Å². The summed E-state index contributed by atoms with van der Waals surface area (Å²) in [5, 5.41) is 16.3. The highest BCUT2D eigenvalue weighted by molar-refractivity contribution is 5.96. The molecule has 0 aliphatic carbocycles. The second-order valence-electron chi connectivity index (χ2n) is 3.49. The number of nitro benzene ring substituents is 1. The number of benzene rings is 1. The van der Waals surface area contributed by atoms with Gasteiger partial charge >= 0.3 is 0 Å². The number of carbonyl (C=O) groups excluding carboxylic acids is 1. The molecule has 1 aliphatic rings. The molecule has 1 heterocycles. The van der Waals surface area contributed by atoms with Crippen molar-refractivity contribution >= 4 is 23.0 Å². The highest BCUT2D eigenvalue weighted by atomic mass is 16.6. The molecule has 0 saturated heterocycles. The van der Waals surface area contributed by atoms with Gasteiger partial charge in [0, 0.05) is 6.54 Å². The molecule has 0 saturated carbocycles. The Morgan fingerprint density at radius 3 is 3.00 bits per heavy atom. The van der Waals surface area contributed by atoms with E-state index in [-0.39, 0.29) is 18.2 Å². The molecule has 1 aromatic rings. The van der Waals surface area contributed by atoms with Gasteiger partial charge in [-0.25, -0.2) is 0 Å². The fourth-order valence-corrected chi connectivity index (χ4v) is 1.60. The number of nitrogens with zero attached hydrogens (tertiary/aromatic N) is 1. The third-order valence-corrected chi connectivity index (χ3v) is 2.29. The van der Waals surface area contributed by atoms with Crippen LogP contribution >= 0.6 is 0 Å². The maximum absolute atomic E-state index is 11.1. The molecule has 90 valence electrons. The lowest BCUT2D eigenvalue weighted by Gasteiger charge is -2.18. The lowest BCUT2D eigenvalue weighted by atomic mass is 10.2. The molecule has 2 rings (SSSR count). The molecule has 0 bridgehead atoms. The summed E-state index contributed by atoms with van der Waals surface area (Å²) in [6, 6.07) is 2.82. The number of nitrogens with one attached hydrogen (secondary N) is 2. The lowest BCUT2D eigenvalue weighted by Crippen LogP contribution is -2.25. The molecule has 0 atom stereocenters. The van der Waals surface area contributed by atoms with Gasteiger partial charge in [-0.3, -0.25) is 14.9 Å². The minimum Gasteiger partial charge on any atom is -0.481 e. The lowest BCUT2D eigenvalue weighted by molar-refractivity contribution is -0.384. The second kappa shape index (κ2) is 4.28. The van der Waals surface area contributed by atoms with E-state index in [1.165, 1.54) is 12.1 Å². The molecule has 1 aromatic carbocycles. The van der Waals surface area contributed by atoms with Gasteiger partial charge in [0.05, 0.1) is 16.7 Å². The molecule has 17 heavy (non-hydrogen) atoms. The van der Waals surface area contributed by atoms with Crippen LogP contribution < -0.4 is 15.4 Å². The van der Waals surface area contributed by atoms with Crippen molar-refractivity contribution in [1.29, 1.82) is 0 Å². The Morgan fingerprint density at radius 2 is 2.35 bits per heavy atom. The predicted octanol–water partition coefficient (Wildman–Crippen LogP) is 1.36. The van der Waals surface area contributed by atoms with E-state index in [1.54, 1.807) is 0 Å². The number of hydrogen-bond donors (Lipinski definition) is 2. The Labute approximate surface area is 96.9 Å². The van der Waals surface area contributed by atoms with Gasteiger partial charge < -0.3 is 15.4 Å². The zero-order valence-electron chi connectivity index (χ0n) is 9.15. The van der Waals surface area contributed by atoms with Crippen LogP contribution in [0, 0.1) is 10.1 Å². The third-order valence-electron chi connectivity index (χ3n) is 2.29. The van der Waals surface area contributed by atoms with Gasteiger partial charge in [-0.15, -0.1) is 0 Å². The first-order valence-electron chi connectivity index (χ1n) is 5.10. The van der Waals surface area contributed by atoms with Crippen LogP contribution in [0.3, 0.4) is 0 Å². The summed E-state index contributed by atoms with van der Waals surface area (Å²) in [5.41, 5.74) is 0.742. The number of nitro groups is 1. The Balaban J connectivity index is 2.47. The van der Waals surface area contributed by atoms with Crippen molar-refractivity contribution in [3.63, 3.8) is 0 Å². The number of anilines is 2. The quantitative estimate of drug-likeness (QED) is 0.611. The summed E-state index contributed by atoms with van der Waals surface area (Å²) < 4.78 is 5.12. The maximum Gasteiger partial charge on any atom is 0.296 e. The van der Waals surface area contributed by atoms with E-state index in [9.17, 15) is 14.9 Å². The van der Waals surface area contributed by atoms with Gasteiger partial charge in [0.15, 0.2) is 12.4 Å². The van der Waals surface area contributed by atoms with Gasteiger partial charge in [0.2, 0.25) is 0 Å². The van der Waals surface area contributed by atoms with Crippen molar-refractivity contribution in [2.45, 2.75) is 6.92 Å². The van der Waals surface area contributed by atoms with E-state index in [4.69, 9.17) is 4.74 Å². The highest BCUT2D eigenvalue weighted by Gasteiger charge is 2.23. The summed E-state index contributed by atoms with van der Waals surface area (Å²) in [6.07, 6.45) is 0. The molecule has 0 spiro atoms. The second-order valence-corrected chi connectivity index (χ2v) is 3.49. The molecule has 1 aliphatic heterocycles. The van der Waals surface area contributed by atoms with Gasteiger partial charge in [-0.2, -0.15) is 0 Å². The Morgan fingerprint density at radius 1 is 1.59 bits per heavy atom. The predicted molar refractivity (Wildman–Crippen MR) is 61.4 cm³/mol. The maximum atomic E-state index is 11.1. The number of amides is 1. The van der Waals surface area contributed by atoms with Gasteiger partial charge in [0.25, 0.3) is 11.6 Å². The first kappa shape index (κ1) is 11.2. The molecule has 7 nitrogen and oxygen atoms in total. The fraction of sp³-hybridized carbons (Fsp3) is 0.300. The topological polar surface area (TPSA) is 93.5 Å². The van der Waals surface area contributed by atoms with Crippen LogP contribution in [0.25, 0.3) is 0 Å². The fourth-order valence-electron chi connectivity index (χ4n) is 1.60.